The van der Waals surface area contributed by atoms with Crippen LogP contribution in [-0.4, -0.2) is 39.0 Å². The average molecular weight is 271 g/mol. The number of hydrogen-bond acceptors (Lipinski definition) is 4. The second-order valence-electron chi connectivity index (χ2n) is 4.11. The largest absolute Gasteiger partial charge is 0.384 e. The first kappa shape index (κ1) is 13.5. The molecule has 100 valence electrons. The van der Waals surface area contributed by atoms with E-state index in [-0.39, 0.29) is 18.4 Å². The third kappa shape index (κ3) is 2.89. The van der Waals surface area contributed by atoms with Gasteiger partial charge in [0.1, 0.15) is 0 Å². The number of methoxy groups -OCH3 is 1. The third-order valence-electron chi connectivity index (χ3n) is 2.87. The smallest absolute Gasteiger partial charge is 0.238 e. The monoisotopic (exact) mass is 271 g/mol. The van der Waals surface area contributed by atoms with Crippen LogP contribution in [0.2, 0.25) is 0 Å². The standard InChI is InChI=1S/C12H17NO4S/c1-16-9-10-18(14,15)13-12(7-8-17-13)11-5-3-2-4-6-11/h2-6,12H,7-10H2,1H3/t12-/m0/s1. The van der Waals surface area contributed by atoms with E-state index in [0.29, 0.717) is 13.0 Å². The third-order valence-corrected chi connectivity index (χ3v) is 4.46. The van der Waals surface area contributed by atoms with Crippen molar-refractivity contribution in [2.45, 2.75) is 12.5 Å². The molecule has 6 heteroatoms. The predicted molar refractivity (Wildman–Crippen MR) is 67.3 cm³/mol. The summed E-state index contributed by atoms with van der Waals surface area (Å²) in [5.74, 6) is -0.0627. The number of benzene rings is 1. The number of hydrogen-bond donors (Lipinski definition) is 0. The fraction of sp³-hybridized carbons (Fsp3) is 0.500. The molecule has 1 fully saturated rings. The van der Waals surface area contributed by atoms with Gasteiger partial charge in [0.25, 0.3) is 0 Å². The molecule has 1 aromatic carbocycles. The summed E-state index contributed by atoms with van der Waals surface area (Å²) in [5, 5.41) is 0. The van der Waals surface area contributed by atoms with Gasteiger partial charge in [-0.3, -0.25) is 4.84 Å². The van der Waals surface area contributed by atoms with Gasteiger partial charge in [0, 0.05) is 7.11 Å². The highest BCUT2D eigenvalue weighted by Crippen LogP contribution is 2.32. The summed E-state index contributed by atoms with van der Waals surface area (Å²) in [7, 11) is -1.95. The minimum Gasteiger partial charge on any atom is -0.384 e. The molecule has 5 nitrogen and oxygen atoms in total. The van der Waals surface area contributed by atoms with E-state index in [2.05, 4.69) is 0 Å². The topological polar surface area (TPSA) is 55.8 Å². The van der Waals surface area contributed by atoms with E-state index in [1.165, 1.54) is 7.11 Å². The molecule has 0 aliphatic carbocycles. The summed E-state index contributed by atoms with van der Waals surface area (Å²) in [6.07, 6.45) is 0.677. The number of nitrogens with zero attached hydrogens (tertiary/aromatic N) is 1. The minimum absolute atomic E-state index is 0.0627. The Morgan fingerprint density at radius 3 is 2.78 bits per heavy atom. The van der Waals surface area contributed by atoms with Crippen molar-refractivity contribution in [1.82, 2.24) is 4.47 Å². The highest BCUT2D eigenvalue weighted by atomic mass is 32.2. The predicted octanol–water partition coefficient (Wildman–Crippen LogP) is 1.34. The Morgan fingerprint density at radius 1 is 1.39 bits per heavy atom. The first-order valence-electron chi connectivity index (χ1n) is 5.84. The van der Waals surface area contributed by atoms with Crippen molar-refractivity contribution in [3.05, 3.63) is 35.9 Å². The van der Waals surface area contributed by atoms with Crippen LogP contribution in [0, 0.1) is 0 Å². The van der Waals surface area contributed by atoms with Crippen LogP contribution in [0.1, 0.15) is 18.0 Å². The fourth-order valence-corrected chi connectivity index (χ4v) is 3.37. The Kier molecular flexibility index (Phi) is 4.34. The summed E-state index contributed by atoms with van der Waals surface area (Å²) in [6.45, 7) is 0.593. The maximum absolute atomic E-state index is 12.1. The molecule has 0 spiro atoms. The Morgan fingerprint density at radius 2 is 2.11 bits per heavy atom. The maximum atomic E-state index is 12.1. The van der Waals surface area contributed by atoms with Gasteiger partial charge in [0.15, 0.2) is 0 Å². The van der Waals surface area contributed by atoms with E-state index in [1.807, 2.05) is 30.3 Å². The molecule has 1 aliphatic heterocycles. The molecule has 0 bridgehead atoms. The summed E-state index contributed by atoms with van der Waals surface area (Å²) < 4.78 is 30.1. The lowest BCUT2D eigenvalue weighted by Crippen LogP contribution is -2.32. The van der Waals surface area contributed by atoms with Crippen molar-refractivity contribution >= 4 is 10.0 Å². The lowest BCUT2D eigenvalue weighted by Gasteiger charge is -2.22. The molecule has 0 N–H and O–H groups in total. The molecule has 1 aliphatic rings. The molecular formula is C12H17NO4S. The van der Waals surface area contributed by atoms with Gasteiger partial charge in [-0.2, -0.15) is 0 Å². The van der Waals surface area contributed by atoms with Crippen LogP contribution in [0.15, 0.2) is 30.3 Å². The van der Waals surface area contributed by atoms with Crippen LogP contribution in [-0.2, 0) is 19.6 Å². The molecule has 18 heavy (non-hydrogen) atoms. The number of hydroxylamine groups is 1. The summed E-state index contributed by atoms with van der Waals surface area (Å²) in [4.78, 5) is 5.27. The van der Waals surface area contributed by atoms with Crippen LogP contribution in [0.4, 0.5) is 0 Å². The molecule has 1 atom stereocenters. The van der Waals surface area contributed by atoms with Crippen molar-refractivity contribution in [2.75, 3.05) is 26.1 Å². The lowest BCUT2D eigenvalue weighted by atomic mass is 10.1. The Hall–Kier alpha value is -0.950. The zero-order chi connectivity index (χ0) is 13.0. The van der Waals surface area contributed by atoms with Crippen LogP contribution in [0.3, 0.4) is 0 Å². The number of sulfonamides is 1. The zero-order valence-corrected chi connectivity index (χ0v) is 11.1. The number of rotatable bonds is 5. The highest BCUT2D eigenvalue weighted by Gasteiger charge is 2.36. The van der Waals surface area contributed by atoms with E-state index < -0.39 is 10.0 Å². The molecule has 1 saturated heterocycles. The molecule has 1 heterocycles. The molecule has 0 unspecified atom stereocenters. The molecule has 2 rings (SSSR count). The maximum Gasteiger partial charge on any atom is 0.238 e. The first-order chi connectivity index (χ1) is 8.65. The van der Waals surface area contributed by atoms with Gasteiger partial charge >= 0.3 is 0 Å². The average Bonchev–Trinajstić information content (AvgIpc) is 2.87. The van der Waals surface area contributed by atoms with E-state index >= 15 is 0 Å². The van der Waals surface area contributed by atoms with Gasteiger partial charge in [-0.15, -0.1) is 0 Å². The van der Waals surface area contributed by atoms with Crippen molar-refractivity contribution in [3.63, 3.8) is 0 Å². The van der Waals surface area contributed by atoms with E-state index in [0.717, 1.165) is 10.0 Å². The molecule has 0 aromatic heterocycles. The minimum atomic E-state index is -3.43. The van der Waals surface area contributed by atoms with E-state index in [4.69, 9.17) is 9.57 Å². The molecule has 0 saturated carbocycles. The Labute approximate surface area is 107 Å². The first-order valence-corrected chi connectivity index (χ1v) is 7.45. The number of ether oxygens (including phenoxy) is 1. The second kappa shape index (κ2) is 5.79. The zero-order valence-electron chi connectivity index (χ0n) is 10.3. The van der Waals surface area contributed by atoms with Gasteiger partial charge in [-0.05, 0) is 12.0 Å². The fourth-order valence-electron chi connectivity index (χ4n) is 1.97. The van der Waals surface area contributed by atoms with E-state index in [1.54, 1.807) is 0 Å². The van der Waals surface area contributed by atoms with Gasteiger partial charge < -0.3 is 4.74 Å². The molecular weight excluding hydrogens is 254 g/mol. The lowest BCUT2D eigenvalue weighted by molar-refractivity contribution is -0.0502. The van der Waals surface area contributed by atoms with Crippen LogP contribution >= 0.6 is 0 Å². The Balaban J connectivity index is 2.18. The van der Waals surface area contributed by atoms with Crippen molar-refractivity contribution in [1.29, 1.82) is 0 Å². The van der Waals surface area contributed by atoms with Gasteiger partial charge in [0.2, 0.25) is 10.0 Å². The van der Waals surface area contributed by atoms with Crippen molar-refractivity contribution in [3.8, 4) is 0 Å². The summed E-state index contributed by atoms with van der Waals surface area (Å²) >= 11 is 0. The molecule has 1 aromatic rings. The van der Waals surface area contributed by atoms with Gasteiger partial charge in [0.05, 0.1) is 25.0 Å². The Bertz CT molecular complexity index is 474. The van der Waals surface area contributed by atoms with Gasteiger partial charge in [-0.25, -0.2) is 8.42 Å². The second-order valence-corrected chi connectivity index (χ2v) is 6.04. The molecule has 0 radical (unpaired) electrons. The summed E-state index contributed by atoms with van der Waals surface area (Å²) in [6, 6.07) is 9.30. The van der Waals surface area contributed by atoms with Crippen LogP contribution in [0.25, 0.3) is 0 Å². The normalized spacial score (nSPS) is 21.3. The van der Waals surface area contributed by atoms with Crippen LogP contribution in [0.5, 0.6) is 0 Å². The van der Waals surface area contributed by atoms with Crippen LogP contribution < -0.4 is 0 Å². The summed E-state index contributed by atoms with van der Waals surface area (Å²) in [5.41, 5.74) is 0.955. The van der Waals surface area contributed by atoms with Crippen molar-refractivity contribution < 1.29 is 18.0 Å². The quantitative estimate of drug-likeness (QED) is 0.811. The highest BCUT2D eigenvalue weighted by molar-refractivity contribution is 7.89. The SMILES string of the molecule is COCCS(=O)(=O)N1OCC[C@H]1c1ccccc1. The van der Waals surface area contributed by atoms with E-state index in [9.17, 15) is 8.42 Å². The van der Waals surface area contributed by atoms with Gasteiger partial charge in [-0.1, -0.05) is 34.8 Å². The van der Waals surface area contributed by atoms with Crippen molar-refractivity contribution in [2.24, 2.45) is 0 Å². The molecule has 0 amide bonds.